The van der Waals surface area contributed by atoms with E-state index < -0.39 is 11.7 Å². The number of ether oxygens (including phenoxy) is 1. The van der Waals surface area contributed by atoms with Crippen LogP contribution in [0.3, 0.4) is 0 Å². The Kier molecular flexibility index (Phi) is 3.64. The number of alkyl halides is 4. The fourth-order valence-electron chi connectivity index (χ4n) is 2.05. The molecule has 0 amide bonds. The molecule has 0 spiro atoms. The fraction of sp³-hybridized carbons (Fsp3) is 0.500. The third-order valence-electron chi connectivity index (χ3n) is 2.95. The Morgan fingerprint density at radius 3 is 2.76 bits per heavy atom. The van der Waals surface area contributed by atoms with Gasteiger partial charge in [0.05, 0.1) is 11.7 Å². The highest BCUT2D eigenvalue weighted by molar-refractivity contribution is 6.18. The Labute approximate surface area is 103 Å². The van der Waals surface area contributed by atoms with Crippen LogP contribution in [-0.4, -0.2) is 12.5 Å². The van der Waals surface area contributed by atoms with Crippen molar-refractivity contribution in [3.8, 4) is 0 Å². The molecule has 0 saturated carbocycles. The van der Waals surface area contributed by atoms with Crippen molar-refractivity contribution in [1.82, 2.24) is 0 Å². The normalized spacial score (nSPS) is 25.2. The second kappa shape index (κ2) is 4.86. The van der Waals surface area contributed by atoms with Crippen LogP contribution >= 0.6 is 11.6 Å². The van der Waals surface area contributed by atoms with Gasteiger partial charge in [-0.15, -0.1) is 11.6 Å². The zero-order valence-corrected chi connectivity index (χ0v) is 9.76. The summed E-state index contributed by atoms with van der Waals surface area (Å²) in [6.07, 6.45) is -3.83. The molecule has 0 radical (unpaired) electrons. The van der Waals surface area contributed by atoms with Crippen molar-refractivity contribution < 1.29 is 17.9 Å². The van der Waals surface area contributed by atoms with E-state index in [1.165, 1.54) is 6.07 Å². The Bertz CT molecular complexity index is 392. The quantitative estimate of drug-likeness (QED) is 0.733. The molecule has 2 atom stereocenters. The summed E-state index contributed by atoms with van der Waals surface area (Å²) in [4.78, 5) is 0. The lowest BCUT2D eigenvalue weighted by atomic mass is 9.96. The highest BCUT2D eigenvalue weighted by Crippen LogP contribution is 2.37. The molecular weight excluding hydrogens is 253 g/mol. The molecule has 5 heteroatoms. The maximum Gasteiger partial charge on any atom is 0.416 e. The molecule has 1 aliphatic heterocycles. The van der Waals surface area contributed by atoms with Crippen LogP contribution in [0.4, 0.5) is 13.2 Å². The van der Waals surface area contributed by atoms with Crippen molar-refractivity contribution >= 4 is 11.6 Å². The van der Waals surface area contributed by atoms with E-state index in [9.17, 15) is 13.2 Å². The topological polar surface area (TPSA) is 9.23 Å². The van der Waals surface area contributed by atoms with Gasteiger partial charge in [0.2, 0.25) is 0 Å². The zero-order chi connectivity index (χ0) is 12.5. The molecule has 1 nitrogen and oxygen atoms in total. The molecule has 17 heavy (non-hydrogen) atoms. The average Bonchev–Trinajstić information content (AvgIpc) is 2.76. The Morgan fingerprint density at radius 2 is 2.12 bits per heavy atom. The molecule has 0 bridgehead atoms. The Morgan fingerprint density at radius 1 is 1.35 bits per heavy atom. The third-order valence-corrected chi connectivity index (χ3v) is 3.35. The number of rotatable bonds is 2. The number of hydrogen-bond donors (Lipinski definition) is 0. The number of halogens is 4. The van der Waals surface area contributed by atoms with Gasteiger partial charge in [0.1, 0.15) is 0 Å². The van der Waals surface area contributed by atoms with E-state index in [0.29, 0.717) is 18.1 Å². The van der Waals surface area contributed by atoms with Gasteiger partial charge in [-0.25, -0.2) is 0 Å². The Balaban J connectivity index is 2.27. The molecule has 2 unspecified atom stereocenters. The van der Waals surface area contributed by atoms with Crippen LogP contribution in [-0.2, 0) is 10.9 Å². The highest BCUT2D eigenvalue weighted by Gasteiger charge is 2.33. The van der Waals surface area contributed by atoms with Gasteiger partial charge in [-0.05, 0) is 24.1 Å². The van der Waals surface area contributed by atoms with E-state index in [2.05, 4.69) is 0 Å². The van der Waals surface area contributed by atoms with Gasteiger partial charge in [-0.2, -0.15) is 13.2 Å². The largest absolute Gasteiger partial charge is 0.416 e. The lowest BCUT2D eigenvalue weighted by Gasteiger charge is -2.18. The second-order valence-electron chi connectivity index (χ2n) is 4.12. The van der Waals surface area contributed by atoms with E-state index in [1.54, 1.807) is 6.07 Å². The molecule has 1 heterocycles. The smallest absolute Gasteiger partial charge is 0.373 e. The minimum atomic E-state index is -4.31. The van der Waals surface area contributed by atoms with E-state index in [4.69, 9.17) is 16.3 Å². The van der Waals surface area contributed by atoms with Gasteiger partial charge in [-0.3, -0.25) is 0 Å². The first-order valence-electron chi connectivity index (χ1n) is 5.37. The van der Waals surface area contributed by atoms with Gasteiger partial charge < -0.3 is 4.74 Å². The average molecular weight is 265 g/mol. The molecule has 1 fully saturated rings. The SMILES string of the molecule is FC(F)(F)c1cccc(C2OCCC2CCl)c1. The molecule has 1 aliphatic rings. The molecular formula is C12H12ClF3O. The summed E-state index contributed by atoms with van der Waals surface area (Å²) in [6, 6.07) is 5.28. The summed E-state index contributed by atoms with van der Waals surface area (Å²) in [6.45, 7) is 0.554. The summed E-state index contributed by atoms with van der Waals surface area (Å²) < 4.78 is 43.2. The lowest BCUT2D eigenvalue weighted by Crippen LogP contribution is -2.11. The van der Waals surface area contributed by atoms with Crippen LogP contribution in [0.2, 0.25) is 0 Å². The van der Waals surface area contributed by atoms with Gasteiger partial charge in [-0.1, -0.05) is 12.1 Å². The van der Waals surface area contributed by atoms with Crippen molar-refractivity contribution in [1.29, 1.82) is 0 Å². The summed E-state index contributed by atoms with van der Waals surface area (Å²) in [7, 11) is 0. The molecule has 1 saturated heterocycles. The predicted octanol–water partition coefficient (Wildman–Crippen LogP) is 4.02. The third kappa shape index (κ3) is 2.75. The maximum absolute atomic E-state index is 12.6. The van der Waals surface area contributed by atoms with E-state index in [-0.39, 0.29) is 12.0 Å². The molecule has 0 N–H and O–H groups in total. The first-order valence-corrected chi connectivity index (χ1v) is 5.90. The van der Waals surface area contributed by atoms with E-state index in [1.807, 2.05) is 0 Å². The van der Waals surface area contributed by atoms with E-state index in [0.717, 1.165) is 18.6 Å². The van der Waals surface area contributed by atoms with Crippen LogP contribution in [0.15, 0.2) is 24.3 Å². The van der Waals surface area contributed by atoms with E-state index >= 15 is 0 Å². The molecule has 2 rings (SSSR count). The maximum atomic E-state index is 12.6. The van der Waals surface area contributed by atoms with Crippen molar-refractivity contribution in [3.05, 3.63) is 35.4 Å². The molecule has 94 valence electrons. The summed E-state index contributed by atoms with van der Waals surface area (Å²) in [5, 5.41) is 0. The van der Waals surface area contributed by atoms with Crippen LogP contribution in [0, 0.1) is 5.92 Å². The van der Waals surface area contributed by atoms with Gasteiger partial charge in [0.15, 0.2) is 0 Å². The van der Waals surface area contributed by atoms with Crippen LogP contribution in [0.25, 0.3) is 0 Å². The van der Waals surface area contributed by atoms with Gasteiger partial charge in [0.25, 0.3) is 0 Å². The first-order chi connectivity index (χ1) is 8.02. The van der Waals surface area contributed by atoms with Crippen molar-refractivity contribution in [2.45, 2.75) is 18.7 Å². The van der Waals surface area contributed by atoms with Gasteiger partial charge >= 0.3 is 6.18 Å². The minimum absolute atomic E-state index is 0.0974. The number of hydrogen-bond acceptors (Lipinski definition) is 1. The summed E-state index contributed by atoms with van der Waals surface area (Å²) in [5.41, 5.74) is -0.0817. The predicted molar refractivity (Wildman–Crippen MR) is 59.0 cm³/mol. The fourth-order valence-corrected chi connectivity index (χ4v) is 2.37. The molecule has 0 aliphatic carbocycles. The van der Waals surface area contributed by atoms with Crippen LogP contribution in [0.5, 0.6) is 0 Å². The van der Waals surface area contributed by atoms with Crippen molar-refractivity contribution in [3.63, 3.8) is 0 Å². The summed E-state index contributed by atoms with van der Waals surface area (Å²) in [5.74, 6) is 0.501. The number of benzene rings is 1. The van der Waals surface area contributed by atoms with Crippen LogP contribution in [0.1, 0.15) is 23.7 Å². The second-order valence-corrected chi connectivity index (χ2v) is 4.43. The minimum Gasteiger partial charge on any atom is -0.373 e. The van der Waals surface area contributed by atoms with Crippen molar-refractivity contribution in [2.75, 3.05) is 12.5 Å². The molecule has 0 aromatic heterocycles. The summed E-state index contributed by atoms with van der Waals surface area (Å²) >= 11 is 5.78. The standard InChI is InChI=1S/C12H12ClF3O/c13-7-9-4-5-17-11(9)8-2-1-3-10(6-8)12(14,15)16/h1-3,6,9,11H,4-5,7H2. The highest BCUT2D eigenvalue weighted by atomic mass is 35.5. The molecule has 1 aromatic carbocycles. The van der Waals surface area contributed by atoms with Gasteiger partial charge in [0, 0.05) is 18.4 Å². The molecule has 1 aromatic rings. The zero-order valence-electron chi connectivity index (χ0n) is 9.01. The van der Waals surface area contributed by atoms with Crippen LogP contribution < -0.4 is 0 Å². The first kappa shape index (κ1) is 12.7. The van der Waals surface area contributed by atoms with Crippen molar-refractivity contribution in [2.24, 2.45) is 5.92 Å². The Hall–Kier alpha value is -0.740. The monoisotopic (exact) mass is 264 g/mol. The lowest BCUT2D eigenvalue weighted by molar-refractivity contribution is -0.137.